The quantitative estimate of drug-likeness (QED) is 0.916. The van der Waals surface area contributed by atoms with E-state index in [1.165, 1.54) is 12.1 Å². The Morgan fingerprint density at radius 1 is 1.19 bits per heavy atom. The second kappa shape index (κ2) is 4.68. The van der Waals surface area contributed by atoms with Crippen LogP contribution in [0.5, 0.6) is 0 Å². The van der Waals surface area contributed by atoms with Gasteiger partial charge < -0.3 is 5.11 Å². The lowest BCUT2D eigenvalue weighted by molar-refractivity contribution is -0.00414. The van der Waals surface area contributed by atoms with Crippen molar-refractivity contribution < 1.29 is 9.50 Å². The molecule has 0 aliphatic heterocycles. The van der Waals surface area contributed by atoms with Crippen molar-refractivity contribution in [3.05, 3.63) is 71.0 Å². The maximum Gasteiger partial charge on any atom is 0.123 e. The Morgan fingerprint density at radius 3 is 2.52 bits per heavy atom. The molecule has 0 saturated heterocycles. The Labute approximate surface area is 123 Å². The molecule has 1 aliphatic rings. The zero-order chi connectivity index (χ0) is 15.1. The van der Waals surface area contributed by atoms with Crippen molar-refractivity contribution in [1.29, 1.82) is 5.26 Å². The first kappa shape index (κ1) is 13.8. The highest BCUT2D eigenvalue weighted by molar-refractivity contribution is 5.49. The van der Waals surface area contributed by atoms with Crippen LogP contribution >= 0.6 is 0 Å². The standard InChI is InChI=1S/C18H16FNO/c1-17(21,14-6-8-15(19)9-7-14)18(12-20)11-10-13-4-2-3-5-16(13)18/h2-9,21H,10-11H2,1H3. The van der Waals surface area contributed by atoms with Gasteiger partial charge in [-0.05, 0) is 48.6 Å². The van der Waals surface area contributed by atoms with Crippen LogP contribution < -0.4 is 0 Å². The lowest BCUT2D eigenvalue weighted by Crippen LogP contribution is -2.44. The smallest absolute Gasteiger partial charge is 0.123 e. The van der Waals surface area contributed by atoms with Gasteiger partial charge in [-0.3, -0.25) is 0 Å². The lowest BCUT2D eigenvalue weighted by Gasteiger charge is -2.38. The SMILES string of the molecule is CC(O)(c1ccc(F)cc1)C1(C#N)CCc2ccccc21. The molecule has 0 amide bonds. The number of benzene rings is 2. The molecule has 106 valence electrons. The molecule has 2 atom stereocenters. The Morgan fingerprint density at radius 2 is 1.86 bits per heavy atom. The van der Waals surface area contributed by atoms with Gasteiger partial charge in [0.25, 0.3) is 0 Å². The summed E-state index contributed by atoms with van der Waals surface area (Å²) in [6, 6.07) is 15.8. The predicted octanol–water partition coefficient (Wildman–Crippen LogP) is 3.44. The van der Waals surface area contributed by atoms with Crippen molar-refractivity contribution in [2.45, 2.75) is 30.8 Å². The minimum atomic E-state index is -1.37. The summed E-state index contributed by atoms with van der Waals surface area (Å²) in [4.78, 5) is 0. The molecule has 3 heteroatoms. The maximum absolute atomic E-state index is 13.1. The van der Waals surface area contributed by atoms with Gasteiger partial charge in [-0.1, -0.05) is 36.4 Å². The number of nitriles is 1. The van der Waals surface area contributed by atoms with Crippen LogP contribution in [0.1, 0.15) is 30.0 Å². The number of halogens is 1. The van der Waals surface area contributed by atoms with Gasteiger partial charge in [-0.15, -0.1) is 0 Å². The van der Waals surface area contributed by atoms with E-state index in [0.717, 1.165) is 17.5 Å². The highest BCUT2D eigenvalue weighted by Gasteiger charge is 2.53. The number of aliphatic hydroxyl groups is 1. The molecule has 21 heavy (non-hydrogen) atoms. The monoisotopic (exact) mass is 281 g/mol. The van der Waals surface area contributed by atoms with E-state index in [2.05, 4.69) is 6.07 Å². The summed E-state index contributed by atoms with van der Waals surface area (Å²) in [5, 5.41) is 21.0. The average molecular weight is 281 g/mol. The average Bonchev–Trinajstić information content (AvgIpc) is 2.88. The molecule has 0 bridgehead atoms. The molecule has 1 aliphatic carbocycles. The summed E-state index contributed by atoms with van der Waals surface area (Å²) in [6.45, 7) is 1.64. The van der Waals surface area contributed by atoms with Gasteiger partial charge in [0.2, 0.25) is 0 Å². The summed E-state index contributed by atoms with van der Waals surface area (Å²) in [7, 11) is 0. The van der Waals surface area contributed by atoms with E-state index in [0.29, 0.717) is 12.0 Å². The molecule has 0 radical (unpaired) electrons. The van der Waals surface area contributed by atoms with Crippen molar-refractivity contribution in [2.75, 3.05) is 0 Å². The predicted molar refractivity (Wildman–Crippen MR) is 78.0 cm³/mol. The van der Waals surface area contributed by atoms with Crippen molar-refractivity contribution >= 4 is 0 Å². The highest BCUT2D eigenvalue weighted by Crippen LogP contribution is 2.50. The van der Waals surface area contributed by atoms with E-state index in [1.54, 1.807) is 19.1 Å². The molecule has 1 N–H and O–H groups in total. The van der Waals surface area contributed by atoms with Crippen LogP contribution in [0.2, 0.25) is 0 Å². The number of aryl methyl sites for hydroxylation is 1. The van der Waals surface area contributed by atoms with Crippen LogP contribution in [-0.4, -0.2) is 5.11 Å². The highest BCUT2D eigenvalue weighted by atomic mass is 19.1. The molecule has 0 heterocycles. The number of hydrogen-bond acceptors (Lipinski definition) is 2. The van der Waals surface area contributed by atoms with E-state index < -0.39 is 11.0 Å². The second-order valence-corrected chi connectivity index (χ2v) is 5.75. The van der Waals surface area contributed by atoms with E-state index in [-0.39, 0.29) is 5.82 Å². The van der Waals surface area contributed by atoms with Crippen molar-refractivity contribution in [1.82, 2.24) is 0 Å². The number of fused-ring (bicyclic) bond motifs is 1. The molecular formula is C18H16FNO. The molecule has 2 aromatic rings. The number of rotatable bonds is 2. The molecule has 3 rings (SSSR count). The fraction of sp³-hybridized carbons (Fsp3) is 0.278. The summed E-state index contributed by atoms with van der Waals surface area (Å²) in [5.74, 6) is -0.354. The third kappa shape index (κ3) is 1.87. The summed E-state index contributed by atoms with van der Waals surface area (Å²) in [5.41, 5.74) is 0.161. The van der Waals surface area contributed by atoms with Crippen LogP contribution in [0, 0.1) is 17.1 Å². The van der Waals surface area contributed by atoms with Gasteiger partial charge in [0.05, 0.1) is 6.07 Å². The maximum atomic E-state index is 13.1. The van der Waals surface area contributed by atoms with Crippen LogP contribution in [0.25, 0.3) is 0 Å². The van der Waals surface area contributed by atoms with Crippen LogP contribution in [0.3, 0.4) is 0 Å². The van der Waals surface area contributed by atoms with E-state index in [9.17, 15) is 14.8 Å². The normalized spacial score (nSPS) is 23.1. The van der Waals surface area contributed by atoms with Gasteiger partial charge in [0.1, 0.15) is 16.8 Å². The molecule has 0 fully saturated rings. The largest absolute Gasteiger partial charge is 0.383 e. The zero-order valence-electron chi connectivity index (χ0n) is 11.8. The Bertz CT molecular complexity index is 715. The van der Waals surface area contributed by atoms with Gasteiger partial charge in [0, 0.05) is 0 Å². The van der Waals surface area contributed by atoms with Crippen LogP contribution in [-0.2, 0) is 17.4 Å². The number of hydrogen-bond donors (Lipinski definition) is 1. The van der Waals surface area contributed by atoms with E-state index in [4.69, 9.17) is 0 Å². The lowest BCUT2D eigenvalue weighted by atomic mass is 9.67. The Kier molecular flexibility index (Phi) is 3.07. The van der Waals surface area contributed by atoms with Gasteiger partial charge in [-0.25, -0.2) is 4.39 Å². The second-order valence-electron chi connectivity index (χ2n) is 5.75. The molecule has 0 saturated carbocycles. The zero-order valence-corrected chi connectivity index (χ0v) is 11.8. The minimum Gasteiger partial charge on any atom is -0.383 e. The Hall–Kier alpha value is -2.18. The first-order valence-electron chi connectivity index (χ1n) is 6.99. The summed E-state index contributed by atoms with van der Waals surface area (Å²) in [6.07, 6.45) is 1.33. The topological polar surface area (TPSA) is 44.0 Å². The first-order chi connectivity index (χ1) is 10.0. The molecule has 2 aromatic carbocycles. The van der Waals surface area contributed by atoms with Crippen molar-refractivity contribution in [3.63, 3.8) is 0 Å². The first-order valence-corrected chi connectivity index (χ1v) is 6.99. The summed E-state index contributed by atoms with van der Waals surface area (Å²) >= 11 is 0. The van der Waals surface area contributed by atoms with E-state index >= 15 is 0 Å². The van der Waals surface area contributed by atoms with Crippen molar-refractivity contribution in [3.8, 4) is 6.07 Å². The fourth-order valence-electron chi connectivity index (χ4n) is 3.36. The third-order valence-electron chi connectivity index (χ3n) is 4.67. The molecule has 0 aromatic heterocycles. The van der Waals surface area contributed by atoms with E-state index in [1.807, 2.05) is 24.3 Å². The van der Waals surface area contributed by atoms with Gasteiger partial charge in [0.15, 0.2) is 0 Å². The van der Waals surface area contributed by atoms with Gasteiger partial charge in [-0.2, -0.15) is 5.26 Å². The number of nitrogens with zero attached hydrogens (tertiary/aromatic N) is 1. The molecule has 2 nitrogen and oxygen atoms in total. The summed E-state index contributed by atoms with van der Waals surface area (Å²) < 4.78 is 13.1. The van der Waals surface area contributed by atoms with Crippen molar-refractivity contribution in [2.24, 2.45) is 0 Å². The van der Waals surface area contributed by atoms with Crippen LogP contribution in [0.4, 0.5) is 4.39 Å². The third-order valence-corrected chi connectivity index (χ3v) is 4.67. The Balaban J connectivity index is 2.17. The fourth-order valence-corrected chi connectivity index (χ4v) is 3.36. The molecule has 0 spiro atoms. The molecule has 2 unspecified atom stereocenters. The molecular weight excluding hydrogens is 265 g/mol. The van der Waals surface area contributed by atoms with Crippen LogP contribution in [0.15, 0.2) is 48.5 Å². The minimum absolute atomic E-state index is 0.354. The van der Waals surface area contributed by atoms with Gasteiger partial charge >= 0.3 is 0 Å².